The molecule has 0 aromatic heterocycles. The van der Waals surface area contributed by atoms with Gasteiger partial charge in [-0.25, -0.2) is 0 Å². The zero-order chi connectivity index (χ0) is 15.2. The fourth-order valence-electron chi connectivity index (χ4n) is 1.74. The lowest BCUT2D eigenvalue weighted by atomic mass is 10.1. The summed E-state index contributed by atoms with van der Waals surface area (Å²) in [6.45, 7) is 0. The van der Waals surface area contributed by atoms with Crippen molar-refractivity contribution in [1.82, 2.24) is 0 Å². The first kappa shape index (κ1) is 15.4. The van der Waals surface area contributed by atoms with Gasteiger partial charge in [0.2, 0.25) is 0 Å². The van der Waals surface area contributed by atoms with Gasteiger partial charge in [0.1, 0.15) is 5.75 Å². The van der Waals surface area contributed by atoms with E-state index in [2.05, 4.69) is 0 Å². The van der Waals surface area contributed by atoms with Gasteiger partial charge in [0, 0.05) is 15.6 Å². The fraction of sp³-hybridized carbons (Fsp3) is 0. The van der Waals surface area contributed by atoms with Gasteiger partial charge >= 0.3 is 0 Å². The summed E-state index contributed by atoms with van der Waals surface area (Å²) in [5.74, 6) is -0.312. The van der Waals surface area contributed by atoms with Crippen LogP contribution in [0.4, 0.5) is 0 Å². The second-order valence-corrected chi connectivity index (χ2v) is 5.05. The molecule has 0 heterocycles. The van der Waals surface area contributed by atoms with E-state index in [4.69, 9.17) is 23.2 Å². The van der Waals surface area contributed by atoms with Crippen LogP contribution in [0.3, 0.4) is 0 Å². The molecule has 0 saturated carbocycles. The van der Waals surface area contributed by atoms with Gasteiger partial charge < -0.3 is 5.11 Å². The monoisotopic (exact) mass is 318 g/mol. The Morgan fingerprint density at radius 3 is 2.29 bits per heavy atom. The lowest BCUT2D eigenvalue weighted by molar-refractivity contribution is 0.104. The average Bonchev–Trinajstić information content (AvgIpc) is 2.46. The second-order valence-electron chi connectivity index (χ2n) is 4.23. The van der Waals surface area contributed by atoms with Gasteiger partial charge in [0.25, 0.3) is 0 Å². The molecule has 0 atom stereocenters. The Kier molecular flexibility index (Phi) is 5.20. The molecule has 0 fully saturated rings. The summed E-state index contributed by atoms with van der Waals surface area (Å²) < 4.78 is 0. The van der Waals surface area contributed by atoms with Crippen LogP contribution in [-0.2, 0) is 0 Å². The minimum atomic E-state index is -0.275. The van der Waals surface area contributed by atoms with Crippen LogP contribution in [0, 0.1) is 0 Å². The summed E-state index contributed by atoms with van der Waals surface area (Å²) in [4.78, 5) is 11.9. The molecule has 0 aliphatic rings. The highest BCUT2D eigenvalue weighted by Gasteiger charge is 2.05. The van der Waals surface area contributed by atoms with Gasteiger partial charge in [-0.15, -0.1) is 0 Å². The van der Waals surface area contributed by atoms with Crippen LogP contribution < -0.4 is 0 Å². The summed E-state index contributed by atoms with van der Waals surface area (Å²) in [7, 11) is 0. The van der Waals surface area contributed by atoms with E-state index in [1.807, 2.05) is 0 Å². The third-order valence-electron chi connectivity index (χ3n) is 2.79. The van der Waals surface area contributed by atoms with Gasteiger partial charge in [-0.2, -0.15) is 0 Å². The minimum Gasteiger partial charge on any atom is -0.507 e. The van der Waals surface area contributed by atoms with Gasteiger partial charge in [0.15, 0.2) is 5.78 Å². The van der Waals surface area contributed by atoms with Crippen LogP contribution in [0.5, 0.6) is 5.75 Å². The van der Waals surface area contributed by atoms with Crippen molar-refractivity contribution in [2.45, 2.75) is 0 Å². The largest absolute Gasteiger partial charge is 0.507 e. The van der Waals surface area contributed by atoms with E-state index < -0.39 is 0 Å². The number of phenolic OH excluding ortho intramolecular Hbond substituents is 1. The van der Waals surface area contributed by atoms with E-state index in [0.717, 1.165) is 0 Å². The lowest BCUT2D eigenvalue weighted by Crippen LogP contribution is -1.93. The molecule has 0 saturated heterocycles. The molecule has 2 rings (SSSR count). The molecule has 0 aliphatic carbocycles. The molecular formula is C17H12Cl2O2. The number of halogens is 2. The Bertz CT molecular complexity index is 698. The van der Waals surface area contributed by atoms with Crippen molar-refractivity contribution >= 4 is 35.1 Å². The van der Waals surface area contributed by atoms with Crippen molar-refractivity contribution in [3.8, 4) is 5.75 Å². The third-order valence-corrected chi connectivity index (χ3v) is 3.45. The summed E-state index contributed by atoms with van der Waals surface area (Å²) in [6.07, 6.45) is 6.34. The van der Waals surface area contributed by atoms with E-state index >= 15 is 0 Å². The molecule has 0 unspecified atom stereocenters. The zero-order valence-electron chi connectivity index (χ0n) is 11.0. The number of para-hydroxylation sites is 1. The second kappa shape index (κ2) is 7.11. The average molecular weight is 319 g/mol. The van der Waals surface area contributed by atoms with E-state index in [-0.39, 0.29) is 17.1 Å². The molecule has 0 spiro atoms. The highest BCUT2D eigenvalue weighted by molar-refractivity contribution is 6.37. The first-order valence-electron chi connectivity index (χ1n) is 6.20. The molecule has 2 aromatic rings. The summed E-state index contributed by atoms with van der Waals surface area (Å²) in [5, 5.41) is 10.7. The standard InChI is InChI=1S/C17H12Cl2O2/c18-14-8-5-9-15(19)12(14)6-1-3-10-16(20)13-7-2-4-11-17(13)21/h1-11,21H/b6-1+,10-3+. The molecule has 0 bridgehead atoms. The number of hydrogen-bond donors (Lipinski definition) is 1. The normalized spacial score (nSPS) is 11.3. The molecule has 2 aromatic carbocycles. The number of carbonyl (C=O) groups excluding carboxylic acids is 1. The van der Waals surface area contributed by atoms with Crippen LogP contribution in [0.2, 0.25) is 10.0 Å². The van der Waals surface area contributed by atoms with E-state index in [1.54, 1.807) is 54.6 Å². The molecule has 0 amide bonds. The van der Waals surface area contributed by atoms with Crippen LogP contribution in [0.15, 0.2) is 60.7 Å². The summed E-state index contributed by atoms with van der Waals surface area (Å²) in [5.41, 5.74) is 0.957. The molecule has 1 N–H and O–H groups in total. The van der Waals surface area contributed by atoms with Gasteiger partial charge in [-0.1, -0.05) is 59.6 Å². The smallest absolute Gasteiger partial charge is 0.189 e. The number of carbonyl (C=O) groups is 1. The van der Waals surface area contributed by atoms with Crippen LogP contribution in [0.1, 0.15) is 15.9 Å². The number of phenols is 1. The number of aromatic hydroxyl groups is 1. The van der Waals surface area contributed by atoms with E-state index in [0.29, 0.717) is 15.6 Å². The van der Waals surface area contributed by atoms with Gasteiger partial charge in [0.05, 0.1) is 5.56 Å². The Hall–Kier alpha value is -2.03. The zero-order valence-corrected chi connectivity index (χ0v) is 12.5. The first-order chi connectivity index (χ1) is 10.1. The topological polar surface area (TPSA) is 37.3 Å². The van der Waals surface area contributed by atoms with Crippen LogP contribution in [-0.4, -0.2) is 10.9 Å². The number of benzene rings is 2. The van der Waals surface area contributed by atoms with Crippen molar-refractivity contribution in [2.75, 3.05) is 0 Å². The Morgan fingerprint density at radius 1 is 0.952 bits per heavy atom. The van der Waals surface area contributed by atoms with Crippen LogP contribution >= 0.6 is 23.2 Å². The molecular weight excluding hydrogens is 307 g/mol. The van der Waals surface area contributed by atoms with Crippen molar-refractivity contribution < 1.29 is 9.90 Å². The number of hydrogen-bond acceptors (Lipinski definition) is 2. The maximum Gasteiger partial charge on any atom is 0.189 e. The number of allylic oxidation sites excluding steroid dienone is 3. The van der Waals surface area contributed by atoms with Crippen molar-refractivity contribution in [2.24, 2.45) is 0 Å². The van der Waals surface area contributed by atoms with Crippen molar-refractivity contribution in [1.29, 1.82) is 0 Å². The quantitative estimate of drug-likeness (QED) is 0.481. The SMILES string of the molecule is O=C(/C=C/C=C/c1c(Cl)cccc1Cl)c1ccccc1O. The molecule has 0 aliphatic heterocycles. The fourth-order valence-corrected chi connectivity index (χ4v) is 2.26. The van der Waals surface area contributed by atoms with Crippen molar-refractivity contribution in [3.05, 3.63) is 81.9 Å². The van der Waals surface area contributed by atoms with E-state index in [9.17, 15) is 9.90 Å². The van der Waals surface area contributed by atoms with Gasteiger partial charge in [-0.3, -0.25) is 4.79 Å². The molecule has 2 nitrogen and oxygen atoms in total. The Labute approximate surface area is 132 Å². The minimum absolute atomic E-state index is 0.0368. The van der Waals surface area contributed by atoms with Crippen molar-refractivity contribution in [3.63, 3.8) is 0 Å². The predicted molar refractivity (Wildman–Crippen MR) is 87.1 cm³/mol. The Balaban J connectivity index is 2.11. The number of ketones is 1. The predicted octanol–water partition coefficient (Wildman–Crippen LogP) is 5.15. The third kappa shape index (κ3) is 3.97. The molecule has 0 radical (unpaired) electrons. The van der Waals surface area contributed by atoms with E-state index in [1.165, 1.54) is 12.1 Å². The molecule has 4 heteroatoms. The maximum atomic E-state index is 11.9. The lowest BCUT2D eigenvalue weighted by Gasteiger charge is -2.00. The Morgan fingerprint density at radius 2 is 1.62 bits per heavy atom. The summed E-state index contributed by atoms with van der Waals surface area (Å²) >= 11 is 12.1. The molecule has 106 valence electrons. The maximum absolute atomic E-state index is 11.9. The first-order valence-corrected chi connectivity index (χ1v) is 6.96. The molecule has 21 heavy (non-hydrogen) atoms. The highest BCUT2D eigenvalue weighted by Crippen LogP contribution is 2.25. The summed E-state index contributed by atoms with van der Waals surface area (Å²) in [6, 6.07) is 11.6. The highest BCUT2D eigenvalue weighted by atomic mass is 35.5. The number of rotatable bonds is 4. The van der Waals surface area contributed by atoms with Gasteiger partial charge in [-0.05, 0) is 30.3 Å². The van der Waals surface area contributed by atoms with Crippen LogP contribution in [0.25, 0.3) is 6.08 Å².